The molecule has 0 radical (unpaired) electrons. The number of thiophene rings is 1. The first-order chi connectivity index (χ1) is 12.7. The summed E-state index contributed by atoms with van der Waals surface area (Å²) < 4.78 is 0. The molecule has 0 unspecified atom stereocenters. The lowest BCUT2D eigenvalue weighted by atomic mass is 9.96. The molecule has 0 fully saturated rings. The Morgan fingerprint density at radius 1 is 1.31 bits per heavy atom. The highest BCUT2D eigenvalue weighted by Gasteiger charge is 2.33. The van der Waals surface area contributed by atoms with Crippen LogP contribution in [0.2, 0.25) is 0 Å². The number of hydrogen-bond acceptors (Lipinski definition) is 5. The maximum Gasteiger partial charge on any atom is 0.261 e. The van der Waals surface area contributed by atoms with Gasteiger partial charge >= 0.3 is 0 Å². The number of amides is 1. The van der Waals surface area contributed by atoms with Gasteiger partial charge in [0.2, 0.25) is 0 Å². The van der Waals surface area contributed by atoms with Crippen molar-refractivity contribution in [2.75, 3.05) is 5.01 Å². The maximum absolute atomic E-state index is 12.7. The number of anilines is 1. The summed E-state index contributed by atoms with van der Waals surface area (Å²) >= 11 is 1.58. The third-order valence-electron chi connectivity index (χ3n) is 4.79. The summed E-state index contributed by atoms with van der Waals surface area (Å²) in [5.41, 5.74) is 3.30. The Bertz CT molecular complexity index is 952. The van der Waals surface area contributed by atoms with Crippen molar-refractivity contribution >= 4 is 39.9 Å². The normalized spacial score (nSPS) is 19.5. The van der Waals surface area contributed by atoms with Gasteiger partial charge < -0.3 is 0 Å². The maximum atomic E-state index is 12.7. The van der Waals surface area contributed by atoms with Crippen LogP contribution in [0.5, 0.6) is 0 Å². The van der Waals surface area contributed by atoms with Gasteiger partial charge in [-0.25, -0.2) is 4.99 Å². The number of nitriles is 1. The van der Waals surface area contributed by atoms with Crippen LogP contribution in [0.4, 0.5) is 10.7 Å². The van der Waals surface area contributed by atoms with E-state index in [2.05, 4.69) is 16.2 Å². The fourth-order valence-corrected chi connectivity index (χ4v) is 4.60. The lowest BCUT2D eigenvalue weighted by molar-refractivity contribution is -0.118. The van der Waals surface area contributed by atoms with E-state index in [1.807, 2.05) is 37.3 Å². The van der Waals surface area contributed by atoms with E-state index in [4.69, 9.17) is 0 Å². The minimum Gasteiger partial charge on any atom is -0.271 e. The number of rotatable bonds is 3. The second-order valence-corrected chi connectivity index (χ2v) is 7.57. The van der Waals surface area contributed by atoms with Crippen LogP contribution in [0.15, 0.2) is 40.4 Å². The molecule has 1 aliphatic heterocycles. The lowest BCUT2D eigenvalue weighted by Crippen LogP contribution is -2.27. The summed E-state index contributed by atoms with van der Waals surface area (Å²) in [7, 11) is 0. The number of aliphatic imine (C=N–C) groups is 1. The zero-order valence-corrected chi connectivity index (χ0v) is 15.3. The topological polar surface area (TPSA) is 68.8 Å². The van der Waals surface area contributed by atoms with Crippen LogP contribution in [0.1, 0.15) is 35.8 Å². The highest BCUT2D eigenvalue weighted by atomic mass is 32.1. The molecule has 6 heteroatoms. The summed E-state index contributed by atoms with van der Waals surface area (Å²) in [5, 5.41) is 16.1. The molecule has 2 heterocycles. The molecule has 0 spiro atoms. The van der Waals surface area contributed by atoms with E-state index in [-0.39, 0.29) is 5.91 Å². The molecule has 130 valence electrons. The van der Waals surface area contributed by atoms with Crippen molar-refractivity contribution in [2.24, 2.45) is 16.0 Å². The van der Waals surface area contributed by atoms with Crippen molar-refractivity contribution in [3.8, 4) is 6.07 Å². The first-order valence-corrected chi connectivity index (χ1v) is 9.53. The first-order valence-electron chi connectivity index (χ1n) is 8.72. The Morgan fingerprint density at radius 3 is 2.85 bits per heavy atom. The molecule has 1 aromatic heterocycles. The van der Waals surface area contributed by atoms with Gasteiger partial charge in [0.25, 0.3) is 5.91 Å². The molecule has 2 aromatic rings. The third-order valence-corrected chi connectivity index (χ3v) is 5.99. The van der Waals surface area contributed by atoms with Crippen LogP contribution < -0.4 is 5.01 Å². The van der Waals surface area contributed by atoms with E-state index in [1.54, 1.807) is 17.6 Å². The number of para-hydroxylation sites is 1. The second kappa shape index (κ2) is 6.85. The molecule has 4 rings (SSSR count). The molecule has 0 saturated heterocycles. The van der Waals surface area contributed by atoms with Crippen molar-refractivity contribution in [3.05, 3.63) is 46.3 Å². The molecule has 1 aromatic carbocycles. The summed E-state index contributed by atoms with van der Waals surface area (Å²) in [6, 6.07) is 11.7. The Morgan fingerprint density at radius 2 is 2.08 bits per heavy atom. The van der Waals surface area contributed by atoms with E-state index >= 15 is 0 Å². The molecule has 1 atom stereocenters. The van der Waals surface area contributed by atoms with Gasteiger partial charge in [-0.3, -0.25) is 4.79 Å². The van der Waals surface area contributed by atoms with Crippen LogP contribution in [0.25, 0.3) is 0 Å². The minimum atomic E-state index is -0.485. The Hall–Kier alpha value is -2.78. The van der Waals surface area contributed by atoms with Crippen LogP contribution in [0.3, 0.4) is 0 Å². The van der Waals surface area contributed by atoms with Crippen molar-refractivity contribution in [2.45, 2.75) is 32.6 Å². The molecule has 5 nitrogen and oxygen atoms in total. The molecule has 0 bridgehead atoms. The number of carbonyl (C=O) groups excluding carboxylic acids is 1. The van der Waals surface area contributed by atoms with Crippen molar-refractivity contribution in [1.82, 2.24) is 0 Å². The van der Waals surface area contributed by atoms with Gasteiger partial charge in [-0.2, -0.15) is 15.4 Å². The van der Waals surface area contributed by atoms with Gasteiger partial charge in [-0.15, -0.1) is 11.3 Å². The molecular formula is C20H18N4OS. The van der Waals surface area contributed by atoms with Gasteiger partial charge in [0.05, 0.1) is 17.0 Å². The van der Waals surface area contributed by atoms with Crippen LogP contribution in [-0.4, -0.2) is 17.8 Å². The quantitative estimate of drug-likeness (QED) is 0.766. The molecule has 1 aliphatic carbocycles. The molecule has 1 amide bonds. The number of benzene rings is 1. The zero-order chi connectivity index (χ0) is 18.1. The smallest absolute Gasteiger partial charge is 0.261 e. The zero-order valence-electron chi connectivity index (χ0n) is 14.5. The SMILES string of the molecule is CC1=NN(c2ccccc2)C(=O)[C@@H]1C=Nc1sc2c(c1C#N)CCCC2. The highest BCUT2D eigenvalue weighted by molar-refractivity contribution is 7.16. The minimum absolute atomic E-state index is 0.114. The predicted molar refractivity (Wildman–Crippen MR) is 104 cm³/mol. The van der Waals surface area contributed by atoms with E-state index < -0.39 is 5.92 Å². The fraction of sp³-hybridized carbons (Fsp3) is 0.300. The monoisotopic (exact) mass is 362 g/mol. The number of carbonyl (C=O) groups is 1. The van der Waals surface area contributed by atoms with Gasteiger partial charge in [0.15, 0.2) is 0 Å². The van der Waals surface area contributed by atoms with Crippen LogP contribution in [0, 0.1) is 17.2 Å². The highest BCUT2D eigenvalue weighted by Crippen LogP contribution is 2.39. The number of hydrogen-bond donors (Lipinski definition) is 0. The predicted octanol–water partition coefficient (Wildman–Crippen LogP) is 4.24. The second-order valence-electron chi connectivity index (χ2n) is 6.49. The molecule has 0 saturated carbocycles. The Kier molecular flexibility index (Phi) is 4.39. The van der Waals surface area contributed by atoms with Crippen molar-refractivity contribution < 1.29 is 4.79 Å². The van der Waals surface area contributed by atoms with E-state index in [0.717, 1.165) is 35.5 Å². The average molecular weight is 362 g/mol. The van der Waals surface area contributed by atoms with Crippen molar-refractivity contribution in [1.29, 1.82) is 5.26 Å². The Balaban J connectivity index is 1.60. The molecular weight excluding hydrogens is 344 g/mol. The van der Waals surface area contributed by atoms with E-state index in [1.165, 1.54) is 16.3 Å². The van der Waals surface area contributed by atoms with Crippen LogP contribution in [-0.2, 0) is 17.6 Å². The summed E-state index contributed by atoms with van der Waals surface area (Å²) in [4.78, 5) is 18.6. The molecule has 26 heavy (non-hydrogen) atoms. The number of aryl methyl sites for hydroxylation is 1. The van der Waals surface area contributed by atoms with Crippen LogP contribution >= 0.6 is 11.3 Å². The van der Waals surface area contributed by atoms with Crippen molar-refractivity contribution in [3.63, 3.8) is 0 Å². The van der Waals surface area contributed by atoms with E-state index in [0.29, 0.717) is 11.3 Å². The van der Waals surface area contributed by atoms with Gasteiger partial charge in [-0.05, 0) is 50.3 Å². The van der Waals surface area contributed by atoms with Gasteiger partial charge in [0.1, 0.15) is 17.0 Å². The number of hydrazone groups is 1. The summed E-state index contributed by atoms with van der Waals surface area (Å²) in [6.45, 7) is 1.84. The molecule has 0 N–H and O–H groups in total. The number of nitrogens with zero attached hydrogens (tertiary/aromatic N) is 4. The standard InChI is InChI=1S/C20H18N4OS/c1-13-17(20(25)24(23-13)14-7-3-2-4-8-14)12-22-19-16(11-21)15-9-5-6-10-18(15)26-19/h2-4,7-8,12,17H,5-6,9-10H2,1H3/t17-/m1/s1. The van der Waals surface area contributed by atoms with Gasteiger partial charge in [0, 0.05) is 11.1 Å². The third kappa shape index (κ3) is 2.85. The largest absolute Gasteiger partial charge is 0.271 e. The Labute approximate surface area is 156 Å². The summed E-state index contributed by atoms with van der Waals surface area (Å²) in [5.74, 6) is -0.599. The molecule has 2 aliphatic rings. The lowest BCUT2D eigenvalue weighted by Gasteiger charge is -2.12. The van der Waals surface area contributed by atoms with E-state index in [9.17, 15) is 10.1 Å². The fourth-order valence-electron chi connectivity index (χ4n) is 3.41. The first kappa shape index (κ1) is 16.7. The number of fused-ring (bicyclic) bond motifs is 1. The summed E-state index contributed by atoms with van der Waals surface area (Å²) in [6.07, 6.45) is 5.91. The van der Waals surface area contributed by atoms with Gasteiger partial charge in [-0.1, -0.05) is 18.2 Å². The average Bonchev–Trinajstić information content (AvgIpc) is 3.17.